The van der Waals surface area contributed by atoms with Crippen LogP contribution < -0.4 is 4.74 Å². The second kappa shape index (κ2) is 9.20. The number of hydrogen-bond donors (Lipinski definition) is 1. The van der Waals surface area contributed by atoms with Crippen molar-refractivity contribution in [3.8, 4) is 11.5 Å². The van der Waals surface area contributed by atoms with Gasteiger partial charge in [0, 0.05) is 28.7 Å². The molecule has 6 rings (SSSR count). The van der Waals surface area contributed by atoms with Crippen molar-refractivity contribution in [1.82, 2.24) is 4.90 Å². The number of Topliss-reactive ketones (excluding diaryl/α,β-unsaturated/α-hetero) is 1. The number of halogens is 1. The Hall–Kier alpha value is -3.78. The van der Waals surface area contributed by atoms with Gasteiger partial charge in [0.15, 0.2) is 11.6 Å². The van der Waals surface area contributed by atoms with Gasteiger partial charge >= 0.3 is 0 Å². The molecule has 0 radical (unpaired) electrons. The number of rotatable bonds is 4. The lowest BCUT2D eigenvalue weighted by molar-refractivity contribution is -0.140. The first-order chi connectivity index (χ1) is 18.3. The lowest BCUT2D eigenvalue weighted by Gasteiger charge is -2.42. The van der Waals surface area contributed by atoms with Gasteiger partial charge in [0.05, 0.1) is 30.0 Å². The third-order valence-electron chi connectivity index (χ3n) is 8.16. The van der Waals surface area contributed by atoms with Gasteiger partial charge < -0.3 is 9.84 Å². The maximum atomic E-state index is 13.8. The highest BCUT2D eigenvalue weighted by atomic mass is 79.9. The van der Waals surface area contributed by atoms with Gasteiger partial charge in [-0.25, -0.2) is 0 Å². The van der Waals surface area contributed by atoms with E-state index >= 15 is 0 Å². The van der Waals surface area contributed by atoms with Gasteiger partial charge in [0.2, 0.25) is 11.8 Å². The van der Waals surface area contributed by atoms with E-state index in [1.54, 1.807) is 12.1 Å². The Balaban J connectivity index is 1.48. The number of likely N-dealkylation sites (tertiary alicyclic amines) is 1. The number of carbonyl (C=O) groups is 4. The van der Waals surface area contributed by atoms with Crippen LogP contribution in [-0.4, -0.2) is 40.5 Å². The zero-order valence-corrected chi connectivity index (χ0v) is 22.1. The topological polar surface area (TPSA) is 101 Å². The number of phenolic OH excluding ortho intramolecular Hbond substituents is 1. The molecule has 2 aromatic rings. The molecule has 2 amide bonds. The van der Waals surface area contributed by atoms with Crippen LogP contribution in [0.1, 0.15) is 29.9 Å². The maximum absolute atomic E-state index is 13.8. The summed E-state index contributed by atoms with van der Waals surface area (Å²) in [5.74, 6) is -3.29. The minimum atomic E-state index is -0.778. The van der Waals surface area contributed by atoms with Crippen molar-refractivity contribution in [3.05, 3.63) is 93.0 Å². The van der Waals surface area contributed by atoms with Gasteiger partial charge in [-0.3, -0.25) is 24.1 Å². The molecule has 1 heterocycles. The van der Waals surface area contributed by atoms with Gasteiger partial charge in [-0.15, -0.1) is 0 Å². The molecule has 1 fully saturated rings. The number of aromatic hydroxyl groups is 1. The average molecular weight is 574 g/mol. The molecular weight excluding hydrogens is 550 g/mol. The van der Waals surface area contributed by atoms with Crippen molar-refractivity contribution in [2.75, 3.05) is 7.11 Å². The Morgan fingerprint density at radius 1 is 1.00 bits per heavy atom. The van der Waals surface area contributed by atoms with E-state index in [0.29, 0.717) is 23.3 Å². The summed E-state index contributed by atoms with van der Waals surface area (Å²) < 4.78 is 5.73. The van der Waals surface area contributed by atoms with E-state index in [-0.39, 0.29) is 52.2 Å². The molecule has 2 aromatic carbocycles. The SMILES string of the molecule is COc1cccc(O)c1[C@H]1C2=CC[C@@H]3C(=O)N(Cc4ccccc4)C(=O)[C@@H]3[C@@H]2CC2=C1C(=O)C=C(Br)C2=O. The van der Waals surface area contributed by atoms with Crippen LogP contribution in [-0.2, 0) is 25.7 Å². The molecule has 0 spiro atoms. The fraction of sp³-hybridized carbons (Fsp3) is 0.267. The summed E-state index contributed by atoms with van der Waals surface area (Å²) in [4.78, 5) is 55.3. The first-order valence-electron chi connectivity index (χ1n) is 12.5. The van der Waals surface area contributed by atoms with E-state index in [4.69, 9.17) is 4.74 Å². The number of ether oxygens (including phenoxy) is 1. The Morgan fingerprint density at radius 3 is 2.50 bits per heavy atom. The van der Waals surface area contributed by atoms with Crippen LogP contribution in [0.4, 0.5) is 0 Å². The summed E-state index contributed by atoms with van der Waals surface area (Å²) in [6, 6.07) is 14.2. The molecule has 4 atom stereocenters. The lowest BCUT2D eigenvalue weighted by atomic mass is 9.59. The number of phenols is 1. The van der Waals surface area contributed by atoms with Crippen molar-refractivity contribution in [3.63, 3.8) is 0 Å². The molecule has 0 aromatic heterocycles. The minimum Gasteiger partial charge on any atom is -0.507 e. The zero-order chi connectivity index (χ0) is 26.7. The first-order valence-corrected chi connectivity index (χ1v) is 13.2. The van der Waals surface area contributed by atoms with Crippen molar-refractivity contribution < 1.29 is 29.0 Å². The van der Waals surface area contributed by atoms with E-state index in [0.717, 1.165) is 11.1 Å². The van der Waals surface area contributed by atoms with Crippen LogP contribution in [0.15, 0.2) is 81.9 Å². The summed E-state index contributed by atoms with van der Waals surface area (Å²) >= 11 is 3.23. The van der Waals surface area contributed by atoms with Gasteiger partial charge in [0.1, 0.15) is 11.5 Å². The number of carbonyl (C=O) groups excluding carboxylic acids is 4. The van der Waals surface area contributed by atoms with Gasteiger partial charge in [-0.05, 0) is 52.4 Å². The predicted molar refractivity (Wildman–Crippen MR) is 141 cm³/mol. The van der Waals surface area contributed by atoms with Crippen LogP contribution in [0.2, 0.25) is 0 Å². The zero-order valence-electron chi connectivity index (χ0n) is 20.5. The van der Waals surface area contributed by atoms with Gasteiger partial charge in [0.25, 0.3) is 0 Å². The summed E-state index contributed by atoms with van der Waals surface area (Å²) in [5.41, 5.74) is 2.59. The molecular formula is C30H24BrNO6. The van der Waals surface area contributed by atoms with E-state index in [1.807, 2.05) is 36.4 Å². The van der Waals surface area contributed by atoms with Crippen molar-refractivity contribution in [2.45, 2.75) is 25.3 Å². The lowest BCUT2D eigenvalue weighted by Crippen LogP contribution is -2.39. The van der Waals surface area contributed by atoms with Crippen LogP contribution >= 0.6 is 15.9 Å². The highest BCUT2D eigenvalue weighted by Crippen LogP contribution is 2.57. The highest BCUT2D eigenvalue weighted by Gasteiger charge is 2.56. The maximum Gasteiger partial charge on any atom is 0.234 e. The molecule has 4 aliphatic rings. The number of allylic oxidation sites excluding steroid dienone is 6. The smallest absolute Gasteiger partial charge is 0.234 e. The highest BCUT2D eigenvalue weighted by molar-refractivity contribution is 9.12. The number of ketones is 2. The Labute approximate surface area is 227 Å². The molecule has 1 N–H and O–H groups in total. The molecule has 1 saturated heterocycles. The molecule has 38 heavy (non-hydrogen) atoms. The van der Waals surface area contributed by atoms with Gasteiger partial charge in [-0.2, -0.15) is 0 Å². The molecule has 1 aliphatic heterocycles. The van der Waals surface area contributed by atoms with E-state index in [2.05, 4.69) is 15.9 Å². The van der Waals surface area contributed by atoms with Crippen molar-refractivity contribution in [1.29, 1.82) is 0 Å². The number of hydrogen-bond acceptors (Lipinski definition) is 6. The summed E-state index contributed by atoms with van der Waals surface area (Å²) in [6.45, 7) is 0.184. The third kappa shape index (κ3) is 3.61. The largest absolute Gasteiger partial charge is 0.507 e. The van der Waals surface area contributed by atoms with Gasteiger partial charge in [-0.1, -0.05) is 48.0 Å². The van der Waals surface area contributed by atoms with E-state index in [9.17, 15) is 24.3 Å². The fourth-order valence-corrected chi connectivity index (χ4v) is 6.97. The Morgan fingerprint density at radius 2 is 1.76 bits per heavy atom. The summed E-state index contributed by atoms with van der Waals surface area (Å²) in [6.07, 6.45) is 3.69. The Kier molecular flexibility index (Phi) is 5.94. The third-order valence-corrected chi connectivity index (χ3v) is 8.75. The number of nitrogens with zero attached hydrogens (tertiary/aromatic N) is 1. The molecule has 7 nitrogen and oxygen atoms in total. The van der Waals surface area contributed by atoms with Crippen LogP contribution in [0.25, 0.3) is 0 Å². The van der Waals surface area contributed by atoms with Crippen molar-refractivity contribution in [2.24, 2.45) is 17.8 Å². The van der Waals surface area contributed by atoms with Crippen LogP contribution in [0.3, 0.4) is 0 Å². The number of methoxy groups -OCH3 is 1. The normalized spacial score (nSPS) is 26.5. The molecule has 0 bridgehead atoms. The van der Waals surface area contributed by atoms with Crippen LogP contribution in [0, 0.1) is 17.8 Å². The average Bonchev–Trinajstić information content (AvgIpc) is 3.16. The number of imide groups is 1. The predicted octanol–water partition coefficient (Wildman–Crippen LogP) is 4.36. The fourth-order valence-electron chi connectivity index (χ4n) is 6.53. The standard InChI is InChI=1S/C30H24BrNO6/c1-38-23-9-5-8-21(33)27(23)26-16-10-11-17-24(18(16)12-19-25(26)22(34)13-20(31)28(19)35)30(37)32(29(17)36)14-15-6-3-2-4-7-15/h2-10,13,17-18,24,26,33H,11-12,14H2,1H3/t17-,18+,24-,26-/m0/s1. The summed E-state index contributed by atoms with van der Waals surface area (Å²) in [5, 5.41) is 11.0. The number of benzene rings is 2. The first kappa shape index (κ1) is 24.6. The van der Waals surface area contributed by atoms with Crippen molar-refractivity contribution >= 4 is 39.3 Å². The number of fused-ring (bicyclic) bond motifs is 3. The second-order valence-electron chi connectivity index (χ2n) is 10.0. The Bertz CT molecular complexity index is 1500. The molecule has 3 aliphatic carbocycles. The molecule has 0 unspecified atom stereocenters. The quantitative estimate of drug-likeness (QED) is 0.331. The monoisotopic (exact) mass is 573 g/mol. The molecule has 8 heteroatoms. The van der Waals surface area contributed by atoms with Crippen LogP contribution in [0.5, 0.6) is 11.5 Å². The second-order valence-corrected chi connectivity index (χ2v) is 10.9. The number of amides is 2. The molecule has 0 saturated carbocycles. The van der Waals surface area contributed by atoms with E-state index in [1.165, 1.54) is 24.2 Å². The van der Waals surface area contributed by atoms with E-state index < -0.39 is 23.7 Å². The summed E-state index contributed by atoms with van der Waals surface area (Å²) in [7, 11) is 1.48. The minimum absolute atomic E-state index is 0.0710. The molecule has 192 valence electrons.